The summed E-state index contributed by atoms with van der Waals surface area (Å²) in [6.07, 6.45) is 0. The number of aryl methyl sites for hydroxylation is 1. The molecular formula is C11H5F3N2. The molecule has 1 aromatic heterocycles. The van der Waals surface area contributed by atoms with Gasteiger partial charge in [0.2, 0.25) is 0 Å². The van der Waals surface area contributed by atoms with Crippen LogP contribution in [-0.2, 0) is 0 Å². The first-order valence-corrected chi connectivity index (χ1v) is 4.39. The standard InChI is InChI=1S/C11H5F3N2/c1-5-2-6(4-15)16-11-7(5)3-8(12)9(13)10(11)14/h2-3H,1H3. The molecule has 0 radical (unpaired) electrons. The van der Waals surface area contributed by atoms with Crippen molar-refractivity contribution in [2.24, 2.45) is 0 Å². The smallest absolute Gasteiger partial charge is 0.196 e. The Balaban J connectivity index is 2.98. The van der Waals surface area contributed by atoms with Crippen LogP contribution in [-0.4, -0.2) is 4.98 Å². The molecule has 0 aliphatic rings. The van der Waals surface area contributed by atoms with Crippen molar-refractivity contribution in [3.05, 3.63) is 40.8 Å². The molecule has 5 heteroatoms. The molecule has 0 atom stereocenters. The van der Waals surface area contributed by atoms with E-state index in [0.29, 0.717) is 5.56 Å². The van der Waals surface area contributed by atoms with E-state index in [9.17, 15) is 13.2 Å². The number of benzene rings is 1. The van der Waals surface area contributed by atoms with Crippen molar-refractivity contribution in [3.8, 4) is 6.07 Å². The first kappa shape index (κ1) is 10.4. The van der Waals surface area contributed by atoms with E-state index in [-0.39, 0.29) is 16.6 Å². The molecule has 1 heterocycles. The second kappa shape index (κ2) is 3.49. The number of pyridine rings is 1. The third-order valence-electron chi connectivity index (χ3n) is 2.26. The molecule has 0 spiro atoms. The molecule has 0 unspecified atom stereocenters. The van der Waals surface area contributed by atoms with E-state index in [4.69, 9.17) is 5.26 Å². The van der Waals surface area contributed by atoms with E-state index in [1.165, 1.54) is 6.07 Å². The van der Waals surface area contributed by atoms with Crippen molar-refractivity contribution in [3.63, 3.8) is 0 Å². The van der Waals surface area contributed by atoms with Gasteiger partial charge in [-0.1, -0.05) is 0 Å². The topological polar surface area (TPSA) is 36.7 Å². The van der Waals surface area contributed by atoms with Gasteiger partial charge >= 0.3 is 0 Å². The normalized spacial score (nSPS) is 10.4. The van der Waals surface area contributed by atoms with Crippen LogP contribution < -0.4 is 0 Å². The molecule has 2 rings (SSSR count). The number of hydrogen-bond acceptors (Lipinski definition) is 2. The maximum absolute atomic E-state index is 13.4. The van der Waals surface area contributed by atoms with E-state index in [2.05, 4.69) is 4.98 Å². The van der Waals surface area contributed by atoms with E-state index < -0.39 is 17.5 Å². The Hall–Kier alpha value is -2.09. The van der Waals surface area contributed by atoms with Crippen molar-refractivity contribution in [1.82, 2.24) is 4.98 Å². The maximum atomic E-state index is 13.4. The van der Waals surface area contributed by atoms with Gasteiger partial charge in [-0.25, -0.2) is 18.2 Å². The highest BCUT2D eigenvalue weighted by atomic mass is 19.2. The van der Waals surface area contributed by atoms with Gasteiger partial charge in [-0.2, -0.15) is 5.26 Å². The molecule has 0 fully saturated rings. The molecule has 0 aliphatic heterocycles. The lowest BCUT2D eigenvalue weighted by atomic mass is 10.1. The molecule has 0 aliphatic carbocycles. The van der Waals surface area contributed by atoms with Crippen molar-refractivity contribution < 1.29 is 13.2 Å². The molecule has 0 amide bonds. The van der Waals surface area contributed by atoms with Crippen LogP contribution in [0.1, 0.15) is 11.3 Å². The summed E-state index contributed by atoms with van der Waals surface area (Å²) < 4.78 is 39.3. The van der Waals surface area contributed by atoms with Crippen LogP contribution >= 0.6 is 0 Å². The zero-order valence-corrected chi connectivity index (χ0v) is 8.18. The van der Waals surface area contributed by atoms with Crippen LogP contribution in [0.2, 0.25) is 0 Å². The highest BCUT2D eigenvalue weighted by molar-refractivity contribution is 5.83. The Labute approximate surface area is 89.0 Å². The molecule has 0 N–H and O–H groups in total. The lowest BCUT2D eigenvalue weighted by Gasteiger charge is -2.04. The summed E-state index contributed by atoms with van der Waals surface area (Å²) in [6.45, 7) is 1.57. The minimum absolute atomic E-state index is 0.0325. The van der Waals surface area contributed by atoms with Gasteiger partial charge in [-0.05, 0) is 24.6 Å². The van der Waals surface area contributed by atoms with Gasteiger partial charge in [0.25, 0.3) is 0 Å². The Morgan fingerprint density at radius 1 is 1.19 bits per heavy atom. The predicted octanol–water partition coefficient (Wildman–Crippen LogP) is 2.83. The summed E-state index contributed by atoms with van der Waals surface area (Å²) in [5, 5.41) is 8.80. The number of rotatable bonds is 0. The van der Waals surface area contributed by atoms with Crippen LogP contribution in [0.15, 0.2) is 12.1 Å². The number of hydrogen-bond donors (Lipinski definition) is 0. The average molecular weight is 222 g/mol. The van der Waals surface area contributed by atoms with Crippen LogP contribution in [0, 0.1) is 35.7 Å². The van der Waals surface area contributed by atoms with Gasteiger partial charge in [0.1, 0.15) is 17.3 Å². The van der Waals surface area contributed by atoms with Crippen molar-refractivity contribution in [2.75, 3.05) is 0 Å². The lowest BCUT2D eigenvalue weighted by Crippen LogP contribution is -1.97. The molecule has 0 saturated heterocycles. The SMILES string of the molecule is Cc1cc(C#N)nc2c(F)c(F)c(F)cc12. The van der Waals surface area contributed by atoms with Crippen LogP contribution in [0.3, 0.4) is 0 Å². The fourth-order valence-corrected chi connectivity index (χ4v) is 1.49. The van der Waals surface area contributed by atoms with Crippen molar-refractivity contribution >= 4 is 10.9 Å². The fraction of sp³-hybridized carbons (Fsp3) is 0.0909. The number of halogens is 3. The largest absolute Gasteiger partial charge is 0.234 e. The third kappa shape index (κ3) is 1.39. The summed E-state index contributed by atoms with van der Waals surface area (Å²) in [4.78, 5) is 3.61. The summed E-state index contributed by atoms with van der Waals surface area (Å²) in [5.41, 5.74) is 0.115. The number of aromatic nitrogens is 1. The highest BCUT2D eigenvalue weighted by Crippen LogP contribution is 2.24. The first-order chi connectivity index (χ1) is 7.54. The van der Waals surface area contributed by atoms with E-state index in [1.54, 1.807) is 13.0 Å². The molecule has 2 nitrogen and oxygen atoms in total. The van der Waals surface area contributed by atoms with Crippen LogP contribution in [0.5, 0.6) is 0 Å². The molecule has 2 aromatic rings. The number of nitrogens with zero attached hydrogens (tertiary/aromatic N) is 2. The van der Waals surface area contributed by atoms with E-state index in [1.807, 2.05) is 0 Å². The molecule has 1 aromatic carbocycles. The van der Waals surface area contributed by atoms with Crippen LogP contribution in [0.25, 0.3) is 10.9 Å². The van der Waals surface area contributed by atoms with E-state index >= 15 is 0 Å². The average Bonchev–Trinajstić information content (AvgIpc) is 2.27. The number of fused-ring (bicyclic) bond motifs is 1. The van der Waals surface area contributed by atoms with Crippen LogP contribution in [0.4, 0.5) is 13.2 Å². The number of nitriles is 1. The quantitative estimate of drug-likeness (QED) is 0.642. The van der Waals surface area contributed by atoms with Crippen molar-refractivity contribution in [1.29, 1.82) is 5.26 Å². The van der Waals surface area contributed by atoms with Gasteiger partial charge in [-0.3, -0.25) is 0 Å². The third-order valence-corrected chi connectivity index (χ3v) is 2.26. The summed E-state index contributed by atoms with van der Waals surface area (Å²) >= 11 is 0. The molecular weight excluding hydrogens is 217 g/mol. The van der Waals surface area contributed by atoms with Gasteiger partial charge in [-0.15, -0.1) is 0 Å². The summed E-state index contributed by atoms with van der Waals surface area (Å²) in [5.74, 6) is -4.20. The Kier molecular flexibility index (Phi) is 2.27. The monoisotopic (exact) mass is 222 g/mol. The van der Waals surface area contributed by atoms with Gasteiger partial charge in [0.15, 0.2) is 17.5 Å². The second-order valence-electron chi connectivity index (χ2n) is 3.32. The van der Waals surface area contributed by atoms with Gasteiger partial charge < -0.3 is 0 Å². The minimum atomic E-state index is -1.57. The van der Waals surface area contributed by atoms with Gasteiger partial charge in [0.05, 0.1) is 0 Å². The zero-order valence-electron chi connectivity index (χ0n) is 8.18. The molecule has 16 heavy (non-hydrogen) atoms. The van der Waals surface area contributed by atoms with E-state index in [0.717, 1.165) is 6.07 Å². The van der Waals surface area contributed by atoms with Gasteiger partial charge in [0, 0.05) is 5.39 Å². The maximum Gasteiger partial charge on any atom is 0.196 e. The lowest BCUT2D eigenvalue weighted by molar-refractivity contribution is 0.452. The summed E-state index contributed by atoms with van der Waals surface area (Å²) in [6, 6.07) is 3.99. The predicted molar refractivity (Wildman–Crippen MR) is 51.1 cm³/mol. The summed E-state index contributed by atoms with van der Waals surface area (Å²) in [7, 11) is 0. The van der Waals surface area contributed by atoms with Crippen molar-refractivity contribution in [2.45, 2.75) is 6.92 Å². The second-order valence-corrected chi connectivity index (χ2v) is 3.32. The molecule has 80 valence electrons. The Morgan fingerprint density at radius 2 is 1.88 bits per heavy atom. The molecule has 0 bridgehead atoms. The Morgan fingerprint density at radius 3 is 2.50 bits per heavy atom. The zero-order chi connectivity index (χ0) is 11.9. The molecule has 0 saturated carbocycles. The minimum Gasteiger partial charge on any atom is -0.234 e. The highest BCUT2D eigenvalue weighted by Gasteiger charge is 2.16. The fourth-order valence-electron chi connectivity index (χ4n) is 1.49. The first-order valence-electron chi connectivity index (χ1n) is 4.39. The Bertz CT molecular complexity index is 629.